The minimum absolute atomic E-state index is 0.170. The summed E-state index contributed by atoms with van der Waals surface area (Å²) in [6.45, 7) is 2.15. The van der Waals surface area contributed by atoms with Crippen LogP contribution in [0.3, 0.4) is 0 Å². The van der Waals surface area contributed by atoms with E-state index in [4.69, 9.17) is 5.26 Å². The van der Waals surface area contributed by atoms with E-state index in [1.54, 1.807) is 6.20 Å². The highest BCUT2D eigenvalue weighted by Gasteiger charge is 2.37. The fraction of sp³-hybridized carbons (Fsp3) is 0.500. The van der Waals surface area contributed by atoms with Crippen LogP contribution in [-0.4, -0.2) is 21.8 Å². The SMILES string of the molecule is CSc1nc(NC2(C)CC2)ncc1C#N. The maximum Gasteiger partial charge on any atom is 0.224 e. The molecule has 0 unspecified atom stereocenters. The van der Waals surface area contributed by atoms with Crippen LogP contribution in [0.5, 0.6) is 0 Å². The van der Waals surface area contributed by atoms with Crippen molar-refractivity contribution in [2.24, 2.45) is 0 Å². The Kier molecular flexibility index (Phi) is 2.53. The van der Waals surface area contributed by atoms with Gasteiger partial charge in [0.05, 0.1) is 6.20 Å². The molecule has 1 N–H and O–H groups in total. The van der Waals surface area contributed by atoms with E-state index < -0.39 is 0 Å². The van der Waals surface area contributed by atoms with Crippen LogP contribution >= 0.6 is 11.8 Å². The van der Waals surface area contributed by atoms with E-state index in [9.17, 15) is 0 Å². The first-order chi connectivity index (χ1) is 7.17. The largest absolute Gasteiger partial charge is 0.349 e. The van der Waals surface area contributed by atoms with Gasteiger partial charge in [0, 0.05) is 5.54 Å². The topological polar surface area (TPSA) is 61.6 Å². The molecule has 1 aromatic heterocycles. The molecule has 78 valence electrons. The van der Waals surface area contributed by atoms with E-state index in [1.807, 2.05) is 6.26 Å². The lowest BCUT2D eigenvalue weighted by atomic mass is 10.3. The standard InChI is InChI=1S/C10H12N4S/c1-10(3-4-10)14-9-12-6-7(5-11)8(13-9)15-2/h6H,3-4H2,1-2H3,(H,12,13,14). The van der Waals surface area contributed by atoms with Crippen LogP contribution in [0.25, 0.3) is 0 Å². The van der Waals surface area contributed by atoms with Crippen LogP contribution in [0.2, 0.25) is 0 Å². The van der Waals surface area contributed by atoms with Gasteiger partial charge in [-0.2, -0.15) is 5.26 Å². The maximum absolute atomic E-state index is 8.82. The summed E-state index contributed by atoms with van der Waals surface area (Å²) in [4.78, 5) is 8.43. The lowest BCUT2D eigenvalue weighted by molar-refractivity contribution is 0.802. The number of anilines is 1. The van der Waals surface area contributed by atoms with E-state index in [1.165, 1.54) is 11.8 Å². The quantitative estimate of drug-likeness (QED) is 0.624. The summed E-state index contributed by atoms with van der Waals surface area (Å²) in [6.07, 6.45) is 5.80. The Morgan fingerprint density at radius 3 is 2.87 bits per heavy atom. The third-order valence-corrected chi connectivity index (χ3v) is 3.18. The monoisotopic (exact) mass is 220 g/mol. The van der Waals surface area contributed by atoms with Crippen molar-refractivity contribution < 1.29 is 0 Å². The summed E-state index contributed by atoms with van der Waals surface area (Å²) in [7, 11) is 0. The molecule has 15 heavy (non-hydrogen) atoms. The molecular formula is C10H12N4S. The minimum Gasteiger partial charge on any atom is -0.349 e. The number of thioether (sulfide) groups is 1. The van der Waals surface area contributed by atoms with Crippen molar-refractivity contribution in [2.45, 2.75) is 30.3 Å². The lowest BCUT2D eigenvalue weighted by Gasteiger charge is -2.11. The van der Waals surface area contributed by atoms with Gasteiger partial charge in [0.1, 0.15) is 16.7 Å². The van der Waals surface area contributed by atoms with Gasteiger partial charge < -0.3 is 5.32 Å². The van der Waals surface area contributed by atoms with Crippen molar-refractivity contribution in [2.75, 3.05) is 11.6 Å². The molecule has 0 atom stereocenters. The molecule has 0 saturated heterocycles. The van der Waals surface area contributed by atoms with Gasteiger partial charge in [-0.05, 0) is 26.0 Å². The zero-order valence-electron chi connectivity index (χ0n) is 8.74. The van der Waals surface area contributed by atoms with Gasteiger partial charge in [-0.25, -0.2) is 9.97 Å². The zero-order chi connectivity index (χ0) is 10.9. The van der Waals surface area contributed by atoms with E-state index >= 15 is 0 Å². The predicted octanol–water partition coefficient (Wildman–Crippen LogP) is 2.03. The van der Waals surface area contributed by atoms with Crippen LogP contribution in [0.15, 0.2) is 11.2 Å². The van der Waals surface area contributed by atoms with Gasteiger partial charge in [-0.3, -0.25) is 0 Å². The number of rotatable bonds is 3. The molecule has 4 nitrogen and oxygen atoms in total. The van der Waals surface area contributed by atoms with Crippen LogP contribution in [0, 0.1) is 11.3 Å². The first kappa shape index (κ1) is 10.2. The average molecular weight is 220 g/mol. The summed E-state index contributed by atoms with van der Waals surface area (Å²) >= 11 is 1.47. The van der Waals surface area contributed by atoms with Gasteiger partial charge >= 0.3 is 0 Å². The second kappa shape index (κ2) is 3.70. The number of hydrogen-bond donors (Lipinski definition) is 1. The highest BCUT2D eigenvalue weighted by atomic mass is 32.2. The van der Waals surface area contributed by atoms with Crippen LogP contribution in [0.1, 0.15) is 25.3 Å². The van der Waals surface area contributed by atoms with Crippen LogP contribution in [0.4, 0.5) is 5.95 Å². The Bertz CT molecular complexity index is 420. The van der Waals surface area contributed by atoms with Crippen LogP contribution < -0.4 is 5.32 Å². The third kappa shape index (κ3) is 2.21. The average Bonchev–Trinajstić information content (AvgIpc) is 2.96. The maximum atomic E-state index is 8.82. The van der Waals surface area contributed by atoms with Crippen molar-refractivity contribution in [1.82, 2.24) is 9.97 Å². The number of nitriles is 1. The first-order valence-corrected chi connectivity index (χ1v) is 5.99. The molecule has 0 amide bonds. The molecule has 1 saturated carbocycles. The summed E-state index contributed by atoms with van der Waals surface area (Å²) < 4.78 is 0. The highest BCUT2D eigenvalue weighted by Crippen LogP contribution is 2.37. The molecule has 2 rings (SSSR count). The van der Waals surface area contributed by atoms with Crippen molar-refractivity contribution >= 4 is 17.7 Å². The molecule has 0 radical (unpaired) electrons. The fourth-order valence-electron chi connectivity index (χ4n) is 1.24. The second-order valence-electron chi connectivity index (χ2n) is 3.91. The van der Waals surface area contributed by atoms with Crippen LogP contribution in [-0.2, 0) is 0 Å². The van der Waals surface area contributed by atoms with E-state index in [2.05, 4.69) is 28.3 Å². The Labute approximate surface area is 93.1 Å². The molecule has 0 bridgehead atoms. The zero-order valence-corrected chi connectivity index (χ0v) is 9.56. The minimum atomic E-state index is 0.170. The van der Waals surface area contributed by atoms with Crippen molar-refractivity contribution in [3.8, 4) is 6.07 Å². The molecular weight excluding hydrogens is 208 g/mol. The molecule has 1 heterocycles. The molecule has 1 fully saturated rings. The Morgan fingerprint density at radius 2 is 2.33 bits per heavy atom. The predicted molar refractivity (Wildman–Crippen MR) is 59.8 cm³/mol. The number of nitrogens with zero attached hydrogens (tertiary/aromatic N) is 3. The Morgan fingerprint density at radius 1 is 1.60 bits per heavy atom. The third-order valence-electron chi connectivity index (χ3n) is 2.48. The molecule has 1 aliphatic rings. The van der Waals surface area contributed by atoms with Crippen molar-refractivity contribution in [3.63, 3.8) is 0 Å². The van der Waals surface area contributed by atoms with Gasteiger partial charge in [0.25, 0.3) is 0 Å². The number of nitrogens with one attached hydrogen (secondary N) is 1. The molecule has 0 spiro atoms. The fourth-order valence-corrected chi connectivity index (χ4v) is 1.74. The molecule has 0 aliphatic heterocycles. The van der Waals surface area contributed by atoms with Gasteiger partial charge in [-0.1, -0.05) is 0 Å². The lowest BCUT2D eigenvalue weighted by Crippen LogP contribution is -2.18. The summed E-state index contributed by atoms with van der Waals surface area (Å²) in [5, 5.41) is 12.8. The number of aromatic nitrogens is 2. The normalized spacial score (nSPS) is 16.9. The van der Waals surface area contributed by atoms with Crippen molar-refractivity contribution in [3.05, 3.63) is 11.8 Å². The van der Waals surface area contributed by atoms with E-state index in [-0.39, 0.29) is 5.54 Å². The molecule has 1 aliphatic carbocycles. The molecule has 0 aromatic carbocycles. The van der Waals surface area contributed by atoms with Gasteiger partial charge in [0.2, 0.25) is 5.95 Å². The first-order valence-electron chi connectivity index (χ1n) is 4.76. The van der Waals surface area contributed by atoms with Gasteiger partial charge in [-0.15, -0.1) is 11.8 Å². The summed E-state index contributed by atoms with van der Waals surface area (Å²) in [5.74, 6) is 0.623. The smallest absolute Gasteiger partial charge is 0.224 e. The van der Waals surface area contributed by atoms with E-state index in [0.29, 0.717) is 11.5 Å². The summed E-state index contributed by atoms with van der Waals surface area (Å²) in [6, 6.07) is 2.08. The van der Waals surface area contributed by atoms with E-state index in [0.717, 1.165) is 17.9 Å². The number of hydrogen-bond acceptors (Lipinski definition) is 5. The van der Waals surface area contributed by atoms with Crippen molar-refractivity contribution in [1.29, 1.82) is 5.26 Å². The van der Waals surface area contributed by atoms with Gasteiger partial charge in [0.15, 0.2) is 0 Å². The second-order valence-corrected chi connectivity index (χ2v) is 4.71. The summed E-state index contributed by atoms with van der Waals surface area (Å²) in [5.41, 5.74) is 0.707. The Hall–Kier alpha value is -1.28. The molecule has 5 heteroatoms. The highest BCUT2D eigenvalue weighted by molar-refractivity contribution is 7.98. The molecule has 1 aromatic rings. The Balaban J connectivity index is 2.23.